The van der Waals surface area contributed by atoms with Crippen LogP contribution in [-0.4, -0.2) is 33.4 Å². The van der Waals surface area contributed by atoms with E-state index in [2.05, 4.69) is 41.5 Å². The van der Waals surface area contributed by atoms with Crippen LogP contribution in [-0.2, 0) is 4.74 Å². The fourth-order valence-electron chi connectivity index (χ4n) is 2.10. The van der Waals surface area contributed by atoms with Gasteiger partial charge in [-0.2, -0.15) is 0 Å². The molecular weight excluding hydrogens is 200 g/mol. The summed E-state index contributed by atoms with van der Waals surface area (Å²) in [7, 11) is 4.08. The fraction of sp³-hybridized carbons (Fsp3) is 0.538. The van der Waals surface area contributed by atoms with Crippen LogP contribution in [0.5, 0.6) is 0 Å². The predicted molar refractivity (Wildman–Crippen MR) is 68.2 cm³/mol. The second-order valence-corrected chi connectivity index (χ2v) is 4.28. The average molecular weight is 220 g/mol. The normalized spacial score (nSPS) is 20.5. The average Bonchev–Trinajstić information content (AvgIpc) is 2.39. The van der Waals surface area contributed by atoms with Gasteiger partial charge in [-0.15, -0.1) is 0 Å². The molecule has 1 aliphatic heterocycles. The first-order valence-electron chi connectivity index (χ1n) is 5.89. The summed E-state index contributed by atoms with van der Waals surface area (Å²) in [6.07, 6.45) is 2.40. The first-order valence-corrected chi connectivity index (χ1v) is 5.89. The van der Waals surface area contributed by atoms with E-state index in [1.165, 1.54) is 18.5 Å². The van der Waals surface area contributed by atoms with E-state index in [4.69, 9.17) is 4.74 Å². The second-order valence-electron chi connectivity index (χ2n) is 4.28. The third-order valence-electron chi connectivity index (χ3n) is 3.25. The molecule has 88 valence electrons. The van der Waals surface area contributed by atoms with E-state index in [9.17, 15) is 0 Å². The predicted octanol–water partition coefficient (Wildman–Crippen LogP) is 2.34. The van der Waals surface area contributed by atoms with Gasteiger partial charge in [-0.05, 0) is 37.1 Å². The van der Waals surface area contributed by atoms with Gasteiger partial charge in [0.15, 0.2) is 0 Å². The molecule has 0 aliphatic carbocycles. The zero-order valence-electron chi connectivity index (χ0n) is 10.1. The molecule has 0 spiro atoms. The zero-order chi connectivity index (χ0) is 11.4. The molecule has 0 amide bonds. The van der Waals surface area contributed by atoms with Gasteiger partial charge in [-0.3, -0.25) is 0 Å². The van der Waals surface area contributed by atoms with Crippen LogP contribution in [0.25, 0.3) is 0 Å². The van der Waals surface area contributed by atoms with E-state index in [1.807, 2.05) is 7.05 Å². The summed E-state index contributed by atoms with van der Waals surface area (Å²) in [5.41, 5.74) is 2.41. The quantitative estimate of drug-likeness (QED) is 0.846. The van der Waals surface area contributed by atoms with E-state index < -0.39 is 0 Å². The van der Waals surface area contributed by atoms with Gasteiger partial charge in [0.25, 0.3) is 0 Å². The Morgan fingerprint density at radius 2 is 2.06 bits per heavy atom. The highest BCUT2D eigenvalue weighted by molar-refractivity contribution is 5.55. The molecule has 3 nitrogen and oxygen atoms in total. The molecule has 0 bridgehead atoms. The van der Waals surface area contributed by atoms with Crippen LogP contribution in [0, 0.1) is 0 Å². The molecule has 1 fully saturated rings. The molecule has 2 rings (SSSR count). The minimum atomic E-state index is 0.522. The second kappa shape index (κ2) is 5.21. The number of hydrogen-bond acceptors (Lipinski definition) is 3. The Hall–Kier alpha value is -1.22. The first kappa shape index (κ1) is 11.3. The van der Waals surface area contributed by atoms with Crippen molar-refractivity contribution in [3.05, 3.63) is 24.3 Å². The van der Waals surface area contributed by atoms with Crippen molar-refractivity contribution >= 4 is 11.4 Å². The van der Waals surface area contributed by atoms with Gasteiger partial charge in [0, 0.05) is 32.1 Å². The van der Waals surface area contributed by atoms with Crippen molar-refractivity contribution in [1.82, 2.24) is 0 Å². The maximum atomic E-state index is 5.52. The van der Waals surface area contributed by atoms with Crippen molar-refractivity contribution < 1.29 is 4.74 Å². The van der Waals surface area contributed by atoms with Crippen LogP contribution in [0.3, 0.4) is 0 Å². The first-order chi connectivity index (χ1) is 7.81. The molecule has 1 heterocycles. The van der Waals surface area contributed by atoms with Crippen molar-refractivity contribution in [1.29, 1.82) is 0 Å². The van der Waals surface area contributed by atoms with E-state index in [0.29, 0.717) is 6.04 Å². The van der Waals surface area contributed by atoms with Crippen molar-refractivity contribution in [2.75, 3.05) is 37.5 Å². The Bertz CT molecular complexity index is 317. The lowest BCUT2D eigenvalue weighted by Crippen LogP contribution is -2.38. The highest BCUT2D eigenvalue weighted by Crippen LogP contribution is 2.21. The molecule has 1 N–H and O–H groups in total. The number of anilines is 2. The molecule has 3 heteroatoms. The van der Waals surface area contributed by atoms with E-state index in [1.54, 1.807) is 0 Å². The van der Waals surface area contributed by atoms with Crippen molar-refractivity contribution in [3.8, 4) is 0 Å². The molecular formula is C13H20N2O. The Morgan fingerprint density at radius 1 is 1.31 bits per heavy atom. The molecule has 1 atom stereocenters. The molecule has 1 aromatic carbocycles. The van der Waals surface area contributed by atoms with Crippen LogP contribution in [0.1, 0.15) is 12.8 Å². The summed E-state index contributed by atoms with van der Waals surface area (Å²) in [5, 5.41) is 3.13. The Balaban J connectivity index is 2.04. The van der Waals surface area contributed by atoms with E-state index in [0.717, 1.165) is 18.9 Å². The number of nitrogens with zero attached hydrogens (tertiary/aromatic N) is 1. The van der Waals surface area contributed by atoms with Crippen LogP contribution in [0.4, 0.5) is 11.4 Å². The van der Waals surface area contributed by atoms with Crippen LogP contribution < -0.4 is 10.2 Å². The van der Waals surface area contributed by atoms with Crippen LogP contribution in [0.2, 0.25) is 0 Å². The van der Waals surface area contributed by atoms with Gasteiger partial charge < -0.3 is 15.0 Å². The van der Waals surface area contributed by atoms with E-state index >= 15 is 0 Å². The number of hydrogen-bond donors (Lipinski definition) is 1. The van der Waals surface area contributed by atoms with Crippen molar-refractivity contribution in [2.45, 2.75) is 18.9 Å². The lowest BCUT2D eigenvalue weighted by molar-refractivity contribution is 0.0807. The molecule has 1 aliphatic rings. The van der Waals surface area contributed by atoms with Gasteiger partial charge >= 0.3 is 0 Å². The highest BCUT2D eigenvalue weighted by atomic mass is 16.5. The molecule has 0 unspecified atom stereocenters. The summed E-state index contributed by atoms with van der Waals surface area (Å²) in [4.78, 5) is 2.32. The third-order valence-corrected chi connectivity index (χ3v) is 3.25. The fourth-order valence-corrected chi connectivity index (χ4v) is 2.10. The maximum Gasteiger partial charge on any atom is 0.0669 e. The Labute approximate surface area is 97.4 Å². The standard InChI is InChI=1S/C13H20N2O/c1-14-11-5-7-12(8-6-11)15(2)13-4-3-9-16-10-13/h5-8,13-14H,3-4,9-10H2,1-2H3/t13-/m0/s1. The highest BCUT2D eigenvalue weighted by Gasteiger charge is 2.18. The van der Waals surface area contributed by atoms with Gasteiger partial charge in [-0.1, -0.05) is 0 Å². The van der Waals surface area contributed by atoms with Crippen molar-refractivity contribution in [2.24, 2.45) is 0 Å². The summed E-state index contributed by atoms with van der Waals surface area (Å²) in [5.74, 6) is 0. The topological polar surface area (TPSA) is 24.5 Å². The maximum absolute atomic E-state index is 5.52. The minimum Gasteiger partial charge on any atom is -0.388 e. The van der Waals surface area contributed by atoms with Gasteiger partial charge in [0.2, 0.25) is 0 Å². The molecule has 0 aromatic heterocycles. The third kappa shape index (κ3) is 2.47. The molecule has 1 aromatic rings. The number of ether oxygens (including phenoxy) is 1. The molecule has 0 saturated carbocycles. The lowest BCUT2D eigenvalue weighted by Gasteiger charge is -2.32. The minimum absolute atomic E-state index is 0.522. The van der Waals surface area contributed by atoms with Gasteiger partial charge in [0.1, 0.15) is 0 Å². The van der Waals surface area contributed by atoms with E-state index in [-0.39, 0.29) is 0 Å². The molecule has 16 heavy (non-hydrogen) atoms. The van der Waals surface area contributed by atoms with Gasteiger partial charge in [0.05, 0.1) is 12.6 Å². The Kier molecular flexibility index (Phi) is 3.67. The van der Waals surface area contributed by atoms with Gasteiger partial charge in [-0.25, -0.2) is 0 Å². The SMILES string of the molecule is CNc1ccc(N(C)[C@H]2CCCOC2)cc1. The zero-order valence-corrected chi connectivity index (χ0v) is 10.1. The van der Waals surface area contributed by atoms with Crippen LogP contribution in [0.15, 0.2) is 24.3 Å². The number of rotatable bonds is 3. The summed E-state index contributed by atoms with van der Waals surface area (Å²) in [6.45, 7) is 1.77. The van der Waals surface area contributed by atoms with Crippen LogP contribution >= 0.6 is 0 Å². The number of nitrogens with one attached hydrogen (secondary N) is 1. The lowest BCUT2D eigenvalue weighted by atomic mass is 10.1. The number of benzene rings is 1. The van der Waals surface area contributed by atoms with Crippen molar-refractivity contribution in [3.63, 3.8) is 0 Å². The molecule has 1 saturated heterocycles. The summed E-state index contributed by atoms with van der Waals surface area (Å²) >= 11 is 0. The largest absolute Gasteiger partial charge is 0.388 e. The molecule has 0 radical (unpaired) electrons. The summed E-state index contributed by atoms with van der Waals surface area (Å²) < 4.78 is 5.52. The Morgan fingerprint density at radius 3 is 2.62 bits per heavy atom. The monoisotopic (exact) mass is 220 g/mol. The summed E-state index contributed by atoms with van der Waals surface area (Å²) in [6, 6.07) is 9.04. The number of likely N-dealkylation sites (N-methyl/N-ethyl adjacent to an activating group) is 1. The smallest absolute Gasteiger partial charge is 0.0669 e.